The predicted octanol–water partition coefficient (Wildman–Crippen LogP) is 4.24. The first kappa shape index (κ1) is 13.5. The third kappa shape index (κ3) is 2.23. The van der Waals surface area contributed by atoms with Crippen LogP contribution in [0, 0.1) is 11.6 Å². The van der Waals surface area contributed by atoms with Gasteiger partial charge in [-0.25, -0.2) is 8.78 Å². The van der Waals surface area contributed by atoms with Gasteiger partial charge in [-0.15, -0.1) is 0 Å². The summed E-state index contributed by atoms with van der Waals surface area (Å²) in [7, 11) is 0. The van der Waals surface area contributed by atoms with Crippen molar-refractivity contribution in [1.82, 2.24) is 4.98 Å². The maximum absolute atomic E-state index is 13.3. The lowest BCUT2D eigenvalue weighted by molar-refractivity contribution is 0.104. The molecule has 1 heterocycles. The molecule has 0 atom stereocenters. The Kier molecular flexibility index (Phi) is 3.29. The molecule has 3 aromatic rings. The van der Waals surface area contributed by atoms with Crippen molar-refractivity contribution in [3.8, 4) is 0 Å². The standard InChI is InChI=1S/C17H13F2NO/c1-2-10-4-3-5-12-13(9-20-16(10)12)17(21)11-6-7-14(18)15(19)8-11/h3-9,20H,2H2,1H3. The Bertz CT molecular complexity index is 836. The molecule has 21 heavy (non-hydrogen) atoms. The number of rotatable bonds is 3. The molecule has 106 valence electrons. The Morgan fingerprint density at radius 2 is 1.95 bits per heavy atom. The SMILES string of the molecule is CCc1cccc2c(C(=O)c3ccc(F)c(F)c3)c[nH]c12. The molecule has 0 bridgehead atoms. The fraction of sp³-hybridized carbons (Fsp3) is 0.118. The second kappa shape index (κ2) is 5.13. The predicted molar refractivity (Wildman–Crippen MR) is 77.5 cm³/mol. The maximum atomic E-state index is 13.3. The van der Waals surface area contributed by atoms with E-state index in [9.17, 15) is 13.6 Å². The van der Waals surface area contributed by atoms with Crippen LogP contribution in [0.5, 0.6) is 0 Å². The van der Waals surface area contributed by atoms with Gasteiger partial charge in [-0.05, 0) is 30.2 Å². The highest BCUT2D eigenvalue weighted by Crippen LogP contribution is 2.24. The van der Waals surface area contributed by atoms with Crippen molar-refractivity contribution in [2.45, 2.75) is 13.3 Å². The van der Waals surface area contributed by atoms with Crippen LogP contribution in [-0.2, 0) is 6.42 Å². The van der Waals surface area contributed by atoms with Gasteiger partial charge in [-0.1, -0.05) is 25.1 Å². The molecule has 0 saturated carbocycles. The van der Waals surface area contributed by atoms with Crippen molar-refractivity contribution in [1.29, 1.82) is 0 Å². The van der Waals surface area contributed by atoms with Crippen LogP contribution in [0.1, 0.15) is 28.4 Å². The average molecular weight is 285 g/mol. The van der Waals surface area contributed by atoms with Crippen molar-refractivity contribution >= 4 is 16.7 Å². The van der Waals surface area contributed by atoms with Crippen molar-refractivity contribution < 1.29 is 13.6 Å². The number of halogens is 2. The second-order valence-corrected chi connectivity index (χ2v) is 4.85. The van der Waals surface area contributed by atoms with Crippen molar-refractivity contribution in [3.63, 3.8) is 0 Å². The molecule has 0 spiro atoms. The molecule has 0 fully saturated rings. The molecule has 0 aliphatic heterocycles. The fourth-order valence-corrected chi connectivity index (χ4v) is 2.49. The zero-order valence-corrected chi connectivity index (χ0v) is 11.4. The van der Waals surface area contributed by atoms with Gasteiger partial charge in [0, 0.05) is 28.2 Å². The fourth-order valence-electron chi connectivity index (χ4n) is 2.49. The Morgan fingerprint density at radius 3 is 2.67 bits per heavy atom. The molecular formula is C17H13F2NO. The van der Waals surface area contributed by atoms with Gasteiger partial charge in [0.05, 0.1) is 0 Å². The number of nitrogens with one attached hydrogen (secondary N) is 1. The summed E-state index contributed by atoms with van der Waals surface area (Å²) in [6.45, 7) is 2.03. The van der Waals surface area contributed by atoms with E-state index in [2.05, 4.69) is 4.98 Å². The van der Waals surface area contributed by atoms with E-state index in [1.54, 1.807) is 6.20 Å². The van der Waals surface area contributed by atoms with Crippen LogP contribution in [-0.4, -0.2) is 10.8 Å². The van der Waals surface area contributed by atoms with Gasteiger partial charge in [-0.3, -0.25) is 4.79 Å². The van der Waals surface area contributed by atoms with Crippen LogP contribution in [0.25, 0.3) is 10.9 Å². The van der Waals surface area contributed by atoms with Gasteiger partial charge in [0.25, 0.3) is 0 Å². The number of H-pyrrole nitrogens is 1. The minimum Gasteiger partial charge on any atom is -0.360 e. The highest BCUT2D eigenvalue weighted by molar-refractivity contribution is 6.16. The maximum Gasteiger partial charge on any atom is 0.195 e. The topological polar surface area (TPSA) is 32.9 Å². The minimum atomic E-state index is -1.02. The van der Waals surface area contributed by atoms with Crippen LogP contribution in [0.4, 0.5) is 8.78 Å². The largest absolute Gasteiger partial charge is 0.360 e. The number of hydrogen-bond donors (Lipinski definition) is 1. The number of fused-ring (bicyclic) bond motifs is 1. The van der Waals surface area contributed by atoms with Gasteiger partial charge in [-0.2, -0.15) is 0 Å². The first-order valence-electron chi connectivity index (χ1n) is 6.70. The third-order valence-corrected chi connectivity index (χ3v) is 3.61. The number of hydrogen-bond acceptors (Lipinski definition) is 1. The summed E-state index contributed by atoms with van der Waals surface area (Å²) in [6.07, 6.45) is 2.46. The highest BCUT2D eigenvalue weighted by Gasteiger charge is 2.16. The molecule has 4 heteroatoms. The number of para-hydroxylation sites is 1. The van der Waals surface area contributed by atoms with E-state index in [4.69, 9.17) is 0 Å². The van der Waals surface area contributed by atoms with E-state index in [0.29, 0.717) is 5.56 Å². The lowest BCUT2D eigenvalue weighted by Gasteiger charge is -2.02. The number of aromatic amines is 1. The van der Waals surface area contributed by atoms with Crippen molar-refractivity contribution in [3.05, 3.63) is 70.9 Å². The molecule has 0 radical (unpaired) electrons. The van der Waals surface area contributed by atoms with E-state index >= 15 is 0 Å². The van der Waals surface area contributed by atoms with Crippen LogP contribution < -0.4 is 0 Å². The first-order chi connectivity index (χ1) is 10.1. The summed E-state index contributed by atoms with van der Waals surface area (Å²) in [4.78, 5) is 15.6. The van der Waals surface area contributed by atoms with Gasteiger partial charge in [0.15, 0.2) is 17.4 Å². The van der Waals surface area contributed by atoms with Gasteiger partial charge in [0.1, 0.15) is 0 Å². The van der Waals surface area contributed by atoms with Crippen LogP contribution in [0.2, 0.25) is 0 Å². The summed E-state index contributed by atoms with van der Waals surface area (Å²) in [5, 5.41) is 0.795. The van der Waals surface area contributed by atoms with Crippen molar-refractivity contribution in [2.24, 2.45) is 0 Å². The van der Waals surface area contributed by atoms with E-state index < -0.39 is 11.6 Å². The van der Waals surface area contributed by atoms with E-state index in [-0.39, 0.29) is 11.3 Å². The van der Waals surface area contributed by atoms with E-state index in [0.717, 1.165) is 35.0 Å². The van der Waals surface area contributed by atoms with E-state index in [1.807, 2.05) is 25.1 Å². The number of aromatic nitrogens is 1. The lowest BCUT2D eigenvalue weighted by atomic mass is 10.0. The molecule has 1 N–H and O–H groups in total. The zero-order valence-electron chi connectivity index (χ0n) is 11.4. The third-order valence-electron chi connectivity index (χ3n) is 3.61. The summed E-state index contributed by atoms with van der Waals surface area (Å²) in [6, 6.07) is 8.91. The summed E-state index contributed by atoms with van der Waals surface area (Å²) >= 11 is 0. The normalized spacial score (nSPS) is 11.0. The Balaban J connectivity index is 2.11. The molecule has 0 amide bonds. The summed E-state index contributed by atoms with van der Waals surface area (Å²) in [5.41, 5.74) is 2.62. The van der Waals surface area contributed by atoms with Crippen LogP contribution in [0.15, 0.2) is 42.6 Å². The van der Waals surface area contributed by atoms with Crippen molar-refractivity contribution in [2.75, 3.05) is 0 Å². The number of benzene rings is 2. The summed E-state index contributed by atoms with van der Waals surface area (Å²) in [5.74, 6) is -2.30. The smallest absolute Gasteiger partial charge is 0.195 e. The van der Waals surface area contributed by atoms with Gasteiger partial charge in [0.2, 0.25) is 0 Å². The second-order valence-electron chi connectivity index (χ2n) is 4.85. The molecule has 2 nitrogen and oxygen atoms in total. The zero-order chi connectivity index (χ0) is 15.0. The van der Waals surface area contributed by atoms with E-state index in [1.165, 1.54) is 6.07 Å². The van der Waals surface area contributed by atoms with Gasteiger partial charge < -0.3 is 4.98 Å². The quantitative estimate of drug-likeness (QED) is 0.717. The molecule has 2 aromatic carbocycles. The Labute approximate surface area is 120 Å². The molecule has 0 aliphatic carbocycles. The molecule has 0 aliphatic rings. The summed E-state index contributed by atoms with van der Waals surface area (Å²) < 4.78 is 26.2. The highest BCUT2D eigenvalue weighted by atomic mass is 19.2. The molecule has 3 rings (SSSR count). The molecule has 1 aromatic heterocycles. The number of carbonyl (C=O) groups is 1. The number of aryl methyl sites for hydroxylation is 1. The molecular weight excluding hydrogens is 272 g/mol. The van der Waals surface area contributed by atoms with Crippen LogP contribution in [0.3, 0.4) is 0 Å². The number of carbonyl (C=O) groups excluding carboxylic acids is 1. The monoisotopic (exact) mass is 285 g/mol. The molecule has 0 saturated heterocycles. The Morgan fingerprint density at radius 1 is 1.14 bits per heavy atom. The van der Waals surface area contributed by atoms with Crippen LogP contribution >= 0.6 is 0 Å². The van der Waals surface area contributed by atoms with Gasteiger partial charge >= 0.3 is 0 Å². The Hall–Kier alpha value is -2.49. The minimum absolute atomic E-state index is 0.136. The molecule has 0 unspecified atom stereocenters. The number of ketones is 1. The lowest BCUT2D eigenvalue weighted by Crippen LogP contribution is -2.01. The first-order valence-corrected chi connectivity index (χ1v) is 6.70. The average Bonchev–Trinajstić information content (AvgIpc) is 2.93.